The van der Waals surface area contributed by atoms with E-state index in [1.165, 1.54) is 0 Å². The molecule has 19 heavy (non-hydrogen) atoms. The number of amides is 1. The Morgan fingerprint density at radius 3 is 3.05 bits per heavy atom. The molecule has 104 valence electrons. The van der Waals surface area contributed by atoms with Gasteiger partial charge in [0.1, 0.15) is 5.75 Å². The number of nitrogens with zero attached hydrogens (tertiary/aromatic N) is 1. The van der Waals surface area contributed by atoms with Crippen LogP contribution in [0.1, 0.15) is 5.56 Å². The predicted octanol–water partition coefficient (Wildman–Crippen LogP) is 0.424. The minimum atomic E-state index is -0.0460. The summed E-state index contributed by atoms with van der Waals surface area (Å²) in [4.78, 5) is 14.1. The fraction of sp³-hybridized carbons (Fsp3) is 0.500. The molecule has 0 radical (unpaired) electrons. The minimum absolute atomic E-state index is 0.0460. The van der Waals surface area contributed by atoms with E-state index in [2.05, 4.69) is 0 Å². The Morgan fingerprint density at radius 2 is 2.32 bits per heavy atom. The van der Waals surface area contributed by atoms with E-state index in [0.29, 0.717) is 32.7 Å². The van der Waals surface area contributed by atoms with Crippen molar-refractivity contribution < 1.29 is 14.3 Å². The Kier molecular flexibility index (Phi) is 4.76. The maximum Gasteiger partial charge on any atom is 0.227 e. The molecular formula is C14H20N2O3. The van der Waals surface area contributed by atoms with Gasteiger partial charge >= 0.3 is 0 Å². The van der Waals surface area contributed by atoms with Crippen LogP contribution in [0.3, 0.4) is 0 Å². The molecule has 1 aliphatic rings. The SMILES string of the molecule is COc1ccccc1CC(=O)N1CCOC(CN)C1. The number of nitrogens with two attached hydrogens (primary N) is 1. The van der Waals surface area contributed by atoms with Crippen molar-refractivity contribution in [2.24, 2.45) is 5.73 Å². The zero-order valence-electron chi connectivity index (χ0n) is 11.2. The van der Waals surface area contributed by atoms with Crippen LogP contribution in [0.25, 0.3) is 0 Å². The number of para-hydroxylation sites is 1. The highest BCUT2D eigenvalue weighted by molar-refractivity contribution is 5.79. The van der Waals surface area contributed by atoms with Gasteiger partial charge in [0.2, 0.25) is 5.91 Å². The van der Waals surface area contributed by atoms with Gasteiger partial charge in [0.25, 0.3) is 0 Å². The normalized spacial score (nSPS) is 19.3. The lowest BCUT2D eigenvalue weighted by Crippen LogP contribution is -2.48. The fourth-order valence-corrected chi connectivity index (χ4v) is 2.21. The smallest absolute Gasteiger partial charge is 0.227 e. The number of hydrogen-bond donors (Lipinski definition) is 1. The second-order valence-electron chi connectivity index (χ2n) is 4.56. The Hall–Kier alpha value is -1.59. The van der Waals surface area contributed by atoms with E-state index in [1.807, 2.05) is 29.2 Å². The van der Waals surface area contributed by atoms with Crippen molar-refractivity contribution in [1.82, 2.24) is 4.90 Å². The first-order chi connectivity index (χ1) is 9.24. The first-order valence-corrected chi connectivity index (χ1v) is 6.46. The van der Waals surface area contributed by atoms with E-state index >= 15 is 0 Å². The second kappa shape index (κ2) is 6.54. The van der Waals surface area contributed by atoms with Crippen molar-refractivity contribution in [2.75, 3.05) is 33.4 Å². The zero-order valence-corrected chi connectivity index (χ0v) is 11.2. The largest absolute Gasteiger partial charge is 0.496 e. The Morgan fingerprint density at radius 1 is 1.53 bits per heavy atom. The van der Waals surface area contributed by atoms with E-state index in [1.54, 1.807) is 7.11 Å². The van der Waals surface area contributed by atoms with Crippen molar-refractivity contribution in [1.29, 1.82) is 0 Å². The number of rotatable bonds is 4. The maximum atomic E-state index is 12.3. The van der Waals surface area contributed by atoms with Crippen LogP contribution in [0, 0.1) is 0 Å². The molecule has 0 bridgehead atoms. The number of benzene rings is 1. The molecule has 0 spiro atoms. The fourth-order valence-electron chi connectivity index (χ4n) is 2.21. The molecule has 5 nitrogen and oxygen atoms in total. The van der Waals surface area contributed by atoms with E-state index in [9.17, 15) is 4.79 Å². The van der Waals surface area contributed by atoms with Crippen LogP contribution in [0.2, 0.25) is 0 Å². The van der Waals surface area contributed by atoms with Crippen molar-refractivity contribution in [2.45, 2.75) is 12.5 Å². The Labute approximate surface area is 113 Å². The van der Waals surface area contributed by atoms with Gasteiger partial charge in [-0.05, 0) is 6.07 Å². The van der Waals surface area contributed by atoms with Gasteiger partial charge in [-0.25, -0.2) is 0 Å². The molecule has 0 aliphatic carbocycles. The molecule has 5 heteroatoms. The number of carbonyl (C=O) groups excluding carboxylic acids is 1. The highest BCUT2D eigenvalue weighted by Gasteiger charge is 2.23. The number of morpholine rings is 1. The average Bonchev–Trinajstić information content (AvgIpc) is 2.47. The highest BCUT2D eigenvalue weighted by Crippen LogP contribution is 2.19. The van der Waals surface area contributed by atoms with E-state index < -0.39 is 0 Å². The van der Waals surface area contributed by atoms with Gasteiger partial charge in [0.05, 0.1) is 26.2 Å². The quantitative estimate of drug-likeness (QED) is 0.856. The molecule has 1 unspecified atom stereocenters. The maximum absolute atomic E-state index is 12.3. The van der Waals surface area contributed by atoms with Crippen molar-refractivity contribution >= 4 is 5.91 Å². The third-order valence-corrected chi connectivity index (χ3v) is 3.29. The van der Waals surface area contributed by atoms with E-state index in [4.69, 9.17) is 15.2 Å². The molecule has 0 saturated carbocycles. The molecule has 0 aromatic heterocycles. The van der Waals surface area contributed by atoms with Crippen LogP contribution in [0.4, 0.5) is 0 Å². The van der Waals surface area contributed by atoms with Crippen LogP contribution >= 0.6 is 0 Å². The van der Waals surface area contributed by atoms with Gasteiger partial charge in [0.15, 0.2) is 0 Å². The molecule has 1 aromatic carbocycles. The lowest BCUT2D eigenvalue weighted by Gasteiger charge is -2.32. The van der Waals surface area contributed by atoms with Crippen LogP contribution in [-0.2, 0) is 16.0 Å². The lowest BCUT2D eigenvalue weighted by molar-refractivity contribution is -0.137. The molecule has 1 fully saturated rings. The van der Waals surface area contributed by atoms with E-state index in [-0.39, 0.29) is 12.0 Å². The van der Waals surface area contributed by atoms with Crippen molar-refractivity contribution in [3.8, 4) is 5.75 Å². The average molecular weight is 264 g/mol. The first kappa shape index (κ1) is 13.8. The topological polar surface area (TPSA) is 64.8 Å². The number of carbonyl (C=O) groups is 1. The van der Waals surface area contributed by atoms with Gasteiger partial charge in [-0.2, -0.15) is 0 Å². The number of methoxy groups -OCH3 is 1. The van der Waals surface area contributed by atoms with Gasteiger partial charge in [-0.15, -0.1) is 0 Å². The standard InChI is InChI=1S/C14H20N2O3/c1-18-13-5-3-2-4-11(13)8-14(17)16-6-7-19-12(9-15)10-16/h2-5,12H,6-10,15H2,1H3. The predicted molar refractivity (Wildman–Crippen MR) is 72.1 cm³/mol. The molecule has 1 atom stereocenters. The summed E-state index contributed by atoms with van der Waals surface area (Å²) in [6.45, 7) is 2.20. The summed E-state index contributed by atoms with van der Waals surface area (Å²) in [6, 6.07) is 7.58. The molecule has 1 aromatic rings. The van der Waals surface area contributed by atoms with Gasteiger partial charge in [0, 0.05) is 25.2 Å². The second-order valence-corrected chi connectivity index (χ2v) is 4.56. The Balaban J connectivity index is 2.00. The summed E-state index contributed by atoms with van der Waals surface area (Å²) >= 11 is 0. The van der Waals surface area contributed by atoms with Crippen molar-refractivity contribution in [3.05, 3.63) is 29.8 Å². The molecule has 1 aliphatic heterocycles. The molecule has 2 rings (SSSR count). The molecule has 2 N–H and O–H groups in total. The van der Waals surface area contributed by atoms with Crippen LogP contribution in [-0.4, -0.2) is 50.3 Å². The summed E-state index contributed by atoms with van der Waals surface area (Å²) in [5, 5.41) is 0. The van der Waals surface area contributed by atoms with Crippen LogP contribution < -0.4 is 10.5 Å². The third kappa shape index (κ3) is 3.45. The third-order valence-electron chi connectivity index (χ3n) is 3.29. The van der Waals surface area contributed by atoms with Crippen molar-refractivity contribution in [3.63, 3.8) is 0 Å². The lowest BCUT2D eigenvalue weighted by atomic mass is 10.1. The molecule has 1 saturated heterocycles. The molecular weight excluding hydrogens is 244 g/mol. The van der Waals surface area contributed by atoms with Gasteiger partial charge in [-0.3, -0.25) is 4.79 Å². The molecule has 1 heterocycles. The summed E-state index contributed by atoms with van der Waals surface area (Å²) in [6.07, 6.45) is 0.303. The summed E-state index contributed by atoms with van der Waals surface area (Å²) in [7, 11) is 1.61. The number of ether oxygens (including phenoxy) is 2. The summed E-state index contributed by atoms with van der Waals surface area (Å²) in [5.74, 6) is 0.839. The van der Waals surface area contributed by atoms with Crippen LogP contribution in [0.15, 0.2) is 24.3 Å². The number of hydrogen-bond acceptors (Lipinski definition) is 4. The Bertz CT molecular complexity index is 436. The minimum Gasteiger partial charge on any atom is -0.496 e. The zero-order chi connectivity index (χ0) is 13.7. The summed E-state index contributed by atoms with van der Waals surface area (Å²) in [5.41, 5.74) is 6.49. The van der Waals surface area contributed by atoms with Crippen LogP contribution in [0.5, 0.6) is 5.75 Å². The van der Waals surface area contributed by atoms with Gasteiger partial charge in [-0.1, -0.05) is 18.2 Å². The van der Waals surface area contributed by atoms with E-state index in [0.717, 1.165) is 11.3 Å². The van der Waals surface area contributed by atoms with Gasteiger partial charge < -0.3 is 20.1 Å². The first-order valence-electron chi connectivity index (χ1n) is 6.46. The molecule has 1 amide bonds. The monoisotopic (exact) mass is 264 g/mol. The highest BCUT2D eigenvalue weighted by atomic mass is 16.5. The summed E-state index contributed by atoms with van der Waals surface area (Å²) < 4.78 is 10.7.